The number of carbonyl (C=O) groups is 4. The normalized spacial score (nSPS) is 36.5. The zero-order valence-corrected chi connectivity index (χ0v) is 12.4. The Morgan fingerprint density at radius 2 is 2.09 bits per heavy atom. The lowest BCUT2D eigenvalue weighted by Gasteiger charge is -2.33. The third-order valence-electron chi connectivity index (χ3n) is 4.84. The van der Waals surface area contributed by atoms with Crippen LogP contribution in [0.2, 0.25) is 0 Å². The van der Waals surface area contributed by atoms with Crippen molar-refractivity contribution >= 4 is 23.9 Å². The monoisotopic (exact) mass is 324 g/mol. The van der Waals surface area contributed by atoms with Crippen molar-refractivity contribution < 1.29 is 38.5 Å². The van der Waals surface area contributed by atoms with Gasteiger partial charge in [-0.15, -0.1) is 0 Å². The van der Waals surface area contributed by atoms with Gasteiger partial charge in [0.1, 0.15) is 0 Å². The first-order chi connectivity index (χ1) is 10.8. The van der Waals surface area contributed by atoms with Crippen LogP contribution in [-0.2, 0) is 33.4 Å². The molecule has 2 bridgehead atoms. The molecule has 0 amide bonds. The maximum absolute atomic E-state index is 11.9. The van der Waals surface area contributed by atoms with E-state index in [-0.39, 0.29) is 11.5 Å². The van der Waals surface area contributed by atoms with Gasteiger partial charge in [0.2, 0.25) is 5.60 Å². The van der Waals surface area contributed by atoms with Gasteiger partial charge in [0.05, 0.1) is 5.92 Å². The minimum absolute atomic E-state index is 0.132. The van der Waals surface area contributed by atoms with Crippen LogP contribution < -0.4 is 0 Å². The van der Waals surface area contributed by atoms with Crippen molar-refractivity contribution in [2.24, 2.45) is 17.8 Å². The van der Waals surface area contributed by atoms with Gasteiger partial charge in [0.25, 0.3) is 0 Å². The molecule has 124 valence electrons. The van der Waals surface area contributed by atoms with Crippen molar-refractivity contribution in [2.45, 2.75) is 31.5 Å². The first kappa shape index (κ1) is 15.5. The van der Waals surface area contributed by atoms with E-state index in [1.807, 2.05) is 0 Å². The molecule has 1 aliphatic heterocycles. The zero-order valence-electron chi connectivity index (χ0n) is 12.4. The molecular weight excluding hydrogens is 308 g/mol. The van der Waals surface area contributed by atoms with Crippen molar-refractivity contribution in [1.82, 2.24) is 0 Å². The molecule has 8 nitrogen and oxygen atoms in total. The molecule has 3 rings (SSSR count). The molecule has 3 aliphatic rings. The van der Waals surface area contributed by atoms with Crippen molar-refractivity contribution in [3.8, 4) is 0 Å². The lowest BCUT2D eigenvalue weighted by Crippen LogP contribution is -2.54. The van der Waals surface area contributed by atoms with E-state index in [9.17, 15) is 24.3 Å². The van der Waals surface area contributed by atoms with E-state index in [4.69, 9.17) is 9.47 Å². The Morgan fingerprint density at radius 3 is 2.70 bits per heavy atom. The number of hydrogen-bond donors (Lipinski definition) is 1. The lowest BCUT2D eigenvalue weighted by atomic mass is 9.78. The maximum Gasteiger partial charge on any atom is 0.352 e. The van der Waals surface area contributed by atoms with Crippen LogP contribution in [-0.4, -0.2) is 47.3 Å². The highest BCUT2D eigenvalue weighted by Crippen LogP contribution is 2.61. The molecule has 5 unspecified atom stereocenters. The molecule has 1 N–H and O–H groups in total. The van der Waals surface area contributed by atoms with Gasteiger partial charge in [0, 0.05) is 17.4 Å². The number of carbonyl (C=O) groups excluding carboxylic acids is 3. The van der Waals surface area contributed by atoms with E-state index >= 15 is 0 Å². The van der Waals surface area contributed by atoms with Crippen LogP contribution in [0, 0.1) is 17.8 Å². The molecule has 2 aliphatic carbocycles. The number of rotatable bonds is 5. The average molecular weight is 324 g/mol. The largest absolute Gasteiger partial charge is 0.478 e. The number of esters is 3. The van der Waals surface area contributed by atoms with Crippen molar-refractivity contribution in [3.05, 3.63) is 12.2 Å². The highest BCUT2D eigenvalue weighted by atomic mass is 16.6. The Kier molecular flexibility index (Phi) is 3.42. The van der Waals surface area contributed by atoms with E-state index in [2.05, 4.69) is 11.3 Å². The van der Waals surface area contributed by atoms with Gasteiger partial charge in [-0.2, -0.15) is 0 Å². The van der Waals surface area contributed by atoms with Gasteiger partial charge in [-0.25, -0.2) is 14.4 Å². The Bertz CT molecular complexity index is 623. The molecule has 2 saturated carbocycles. The van der Waals surface area contributed by atoms with E-state index in [1.165, 1.54) is 6.92 Å². The molecule has 1 saturated heterocycles. The summed E-state index contributed by atoms with van der Waals surface area (Å²) >= 11 is 0. The van der Waals surface area contributed by atoms with Gasteiger partial charge in [0.15, 0.2) is 12.7 Å². The van der Waals surface area contributed by atoms with E-state index in [0.717, 1.165) is 0 Å². The molecule has 0 spiro atoms. The molecular formula is C15H16O8. The molecule has 3 fully saturated rings. The van der Waals surface area contributed by atoms with E-state index in [1.54, 1.807) is 0 Å². The molecule has 0 aromatic heterocycles. The smallest absolute Gasteiger partial charge is 0.352 e. The fourth-order valence-electron chi connectivity index (χ4n) is 3.93. The summed E-state index contributed by atoms with van der Waals surface area (Å²) in [7, 11) is 0. The highest BCUT2D eigenvalue weighted by molar-refractivity contribution is 5.91. The molecule has 5 atom stereocenters. The van der Waals surface area contributed by atoms with Crippen LogP contribution in [0.15, 0.2) is 12.2 Å². The second-order valence-electron chi connectivity index (χ2n) is 6.23. The zero-order chi connectivity index (χ0) is 16.9. The van der Waals surface area contributed by atoms with Crippen LogP contribution in [0.25, 0.3) is 0 Å². The fourth-order valence-corrected chi connectivity index (χ4v) is 3.93. The summed E-state index contributed by atoms with van der Waals surface area (Å²) in [6.45, 7) is 4.16. The minimum atomic E-state index is -1.81. The Hall–Kier alpha value is -2.38. The Morgan fingerprint density at radius 1 is 1.39 bits per heavy atom. The molecule has 23 heavy (non-hydrogen) atoms. The van der Waals surface area contributed by atoms with Crippen LogP contribution in [0.3, 0.4) is 0 Å². The summed E-state index contributed by atoms with van der Waals surface area (Å²) in [6.07, 6.45) is -0.141. The number of carboxylic acids is 1. The average Bonchev–Trinajstić information content (AvgIpc) is 3.07. The van der Waals surface area contributed by atoms with Gasteiger partial charge < -0.3 is 19.3 Å². The minimum Gasteiger partial charge on any atom is -0.478 e. The quantitative estimate of drug-likeness (QED) is 0.428. The lowest BCUT2D eigenvalue weighted by molar-refractivity contribution is -0.194. The van der Waals surface area contributed by atoms with Crippen LogP contribution in [0.1, 0.15) is 19.8 Å². The Balaban J connectivity index is 1.72. The first-order valence-corrected chi connectivity index (χ1v) is 7.25. The van der Waals surface area contributed by atoms with Gasteiger partial charge in [-0.3, -0.25) is 4.79 Å². The molecule has 0 radical (unpaired) electrons. The summed E-state index contributed by atoms with van der Waals surface area (Å²) in [6, 6.07) is 0. The second kappa shape index (κ2) is 5.07. The molecule has 1 heterocycles. The summed E-state index contributed by atoms with van der Waals surface area (Å²) in [5.41, 5.74) is -1.68. The number of aliphatic carboxylic acids is 1. The number of ether oxygens (including phenoxy) is 3. The number of carboxylic acid groups (broad SMARTS) is 1. The van der Waals surface area contributed by atoms with Crippen molar-refractivity contribution in [3.63, 3.8) is 0 Å². The highest BCUT2D eigenvalue weighted by Gasteiger charge is 2.76. The van der Waals surface area contributed by atoms with Crippen molar-refractivity contribution in [2.75, 3.05) is 6.61 Å². The van der Waals surface area contributed by atoms with Gasteiger partial charge >= 0.3 is 23.9 Å². The number of fused-ring (bicyclic) bond motifs is 1. The molecule has 0 aromatic rings. The summed E-state index contributed by atoms with van der Waals surface area (Å²) in [5, 5.41) is 9.54. The van der Waals surface area contributed by atoms with Crippen LogP contribution in [0.5, 0.6) is 0 Å². The van der Waals surface area contributed by atoms with E-state index in [0.29, 0.717) is 12.8 Å². The topological polar surface area (TPSA) is 116 Å². The van der Waals surface area contributed by atoms with Crippen LogP contribution >= 0.6 is 0 Å². The summed E-state index contributed by atoms with van der Waals surface area (Å²) in [4.78, 5) is 46.6. The molecule has 8 heteroatoms. The third kappa shape index (κ3) is 2.12. The first-order valence-electron chi connectivity index (χ1n) is 7.25. The van der Waals surface area contributed by atoms with Crippen LogP contribution in [0.4, 0.5) is 0 Å². The number of hydrogen-bond acceptors (Lipinski definition) is 7. The predicted molar refractivity (Wildman–Crippen MR) is 71.8 cm³/mol. The van der Waals surface area contributed by atoms with Gasteiger partial charge in [-0.05, 0) is 19.8 Å². The SMILES string of the molecule is C=C(C)C(=O)OCC(=O)OC1C2CC3C(=O)OC1(C(=O)O)C3C2. The maximum atomic E-state index is 11.9. The summed E-state index contributed by atoms with van der Waals surface area (Å²) < 4.78 is 15.0. The predicted octanol–water partition coefficient (Wildman–Crippen LogP) is 0.0537. The van der Waals surface area contributed by atoms with Crippen molar-refractivity contribution in [1.29, 1.82) is 0 Å². The fraction of sp³-hybridized carbons (Fsp3) is 0.600. The van der Waals surface area contributed by atoms with Gasteiger partial charge in [-0.1, -0.05) is 6.58 Å². The molecule has 0 aromatic carbocycles. The van der Waals surface area contributed by atoms with E-state index < -0.39 is 54.0 Å². The standard InChI is InChI=1S/C15H16O8/c1-6(2)12(17)21-5-10(16)22-11-7-3-8-9(4-7)15(11,14(19)20)23-13(8)18/h7-9,11H,1,3-5H2,2H3,(H,19,20). The summed E-state index contributed by atoms with van der Waals surface area (Å²) in [5.74, 6) is -4.63. The Labute approximate surface area is 131 Å². The second-order valence-corrected chi connectivity index (χ2v) is 6.23. The third-order valence-corrected chi connectivity index (χ3v) is 4.84.